The van der Waals surface area contributed by atoms with Crippen LogP contribution in [-0.4, -0.2) is 56.2 Å². The maximum absolute atomic E-state index is 9.83. The molecule has 132 valence electrons. The van der Waals surface area contributed by atoms with Gasteiger partial charge < -0.3 is 14.4 Å². The van der Waals surface area contributed by atoms with Gasteiger partial charge in [0.2, 0.25) is 0 Å². The summed E-state index contributed by atoms with van der Waals surface area (Å²) in [4.78, 5) is 4.66. The Morgan fingerprint density at radius 1 is 1.29 bits per heavy atom. The summed E-state index contributed by atoms with van der Waals surface area (Å²) in [6.45, 7) is 7.81. The van der Waals surface area contributed by atoms with Gasteiger partial charge >= 0.3 is 0 Å². The fraction of sp³-hybridized carbons (Fsp3) is 0.632. The molecule has 0 aromatic heterocycles. The molecular formula is C19H29N3O2. The molecule has 1 aliphatic rings. The molecule has 24 heavy (non-hydrogen) atoms. The summed E-state index contributed by atoms with van der Waals surface area (Å²) in [5.74, 6) is 1.44. The minimum absolute atomic E-state index is 0.251. The van der Waals surface area contributed by atoms with E-state index in [1.807, 2.05) is 18.2 Å². The van der Waals surface area contributed by atoms with E-state index in [1.165, 1.54) is 0 Å². The number of hydrogen-bond acceptors (Lipinski definition) is 5. The molecule has 0 radical (unpaired) electrons. The van der Waals surface area contributed by atoms with Crippen LogP contribution in [0.1, 0.15) is 38.3 Å². The van der Waals surface area contributed by atoms with Crippen molar-refractivity contribution >= 4 is 0 Å². The van der Waals surface area contributed by atoms with Crippen molar-refractivity contribution < 1.29 is 9.47 Å². The normalized spacial score (nSPS) is 20.4. The number of rotatable bonds is 7. The van der Waals surface area contributed by atoms with Crippen molar-refractivity contribution in [3.8, 4) is 17.6 Å². The van der Waals surface area contributed by atoms with Gasteiger partial charge in [-0.3, -0.25) is 4.90 Å². The molecule has 2 unspecified atom stereocenters. The summed E-state index contributed by atoms with van der Waals surface area (Å²) >= 11 is 0. The highest BCUT2D eigenvalue weighted by Crippen LogP contribution is 2.33. The van der Waals surface area contributed by atoms with E-state index >= 15 is 0 Å². The number of likely N-dealkylation sites (N-methyl/N-ethyl adjacent to an activating group) is 1. The van der Waals surface area contributed by atoms with Gasteiger partial charge in [-0.2, -0.15) is 5.26 Å². The second-order valence-electron chi connectivity index (χ2n) is 6.35. The second kappa shape index (κ2) is 8.91. The Balaban J connectivity index is 2.28. The van der Waals surface area contributed by atoms with Gasteiger partial charge in [-0.1, -0.05) is 19.9 Å². The highest BCUT2D eigenvalue weighted by molar-refractivity contribution is 5.45. The van der Waals surface area contributed by atoms with E-state index in [4.69, 9.17) is 9.47 Å². The van der Waals surface area contributed by atoms with Crippen LogP contribution in [0.25, 0.3) is 0 Å². The van der Waals surface area contributed by atoms with Gasteiger partial charge in [0.1, 0.15) is 6.04 Å². The molecule has 0 aliphatic carbocycles. The molecule has 1 aromatic carbocycles. The molecule has 5 nitrogen and oxygen atoms in total. The molecular weight excluding hydrogens is 302 g/mol. The minimum Gasteiger partial charge on any atom is -0.493 e. The third kappa shape index (κ3) is 4.19. The van der Waals surface area contributed by atoms with Crippen molar-refractivity contribution in [2.45, 2.75) is 38.8 Å². The van der Waals surface area contributed by atoms with Crippen LogP contribution in [0.2, 0.25) is 0 Å². The van der Waals surface area contributed by atoms with Gasteiger partial charge in [0, 0.05) is 25.7 Å². The Morgan fingerprint density at radius 3 is 2.71 bits per heavy atom. The summed E-state index contributed by atoms with van der Waals surface area (Å²) in [5, 5.41) is 9.83. The molecule has 2 rings (SSSR count). The van der Waals surface area contributed by atoms with Crippen LogP contribution >= 0.6 is 0 Å². The fourth-order valence-corrected chi connectivity index (χ4v) is 3.26. The highest BCUT2D eigenvalue weighted by atomic mass is 16.5. The van der Waals surface area contributed by atoms with Gasteiger partial charge in [-0.25, -0.2) is 0 Å². The van der Waals surface area contributed by atoms with Crippen molar-refractivity contribution in [2.75, 3.05) is 40.4 Å². The Bertz CT molecular complexity index is 570. The lowest BCUT2D eigenvalue weighted by atomic mass is 10.0. The summed E-state index contributed by atoms with van der Waals surface area (Å²) in [7, 11) is 3.79. The SMILES string of the molecule is CCCOc1cc(C(C#N)N2CCN(C)CC2CC)ccc1OC. The monoisotopic (exact) mass is 331 g/mol. The van der Waals surface area contributed by atoms with E-state index < -0.39 is 0 Å². The maximum Gasteiger partial charge on any atom is 0.161 e. The summed E-state index contributed by atoms with van der Waals surface area (Å²) < 4.78 is 11.2. The van der Waals surface area contributed by atoms with Crippen LogP contribution in [0.5, 0.6) is 11.5 Å². The van der Waals surface area contributed by atoms with E-state index in [0.29, 0.717) is 18.4 Å². The molecule has 1 aliphatic heterocycles. The first-order valence-corrected chi connectivity index (χ1v) is 8.79. The van der Waals surface area contributed by atoms with E-state index in [9.17, 15) is 5.26 Å². The zero-order chi connectivity index (χ0) is 17.5. The predicted molar refractivity (Wildman–Crippen MR) is 95.4 cm³/mol. The number of hydrogen-bond donors (Lipinski definition) is 0. The molecule has 1 heterocycles. The molecule has 0 N–H and O–H groups in total. The third-order valence-corrected chi connectivity index (χ3v) is 4.62. The topological polar surface area (TPSA) is 48.7 Å². The molecule has 1 fully saturated rings. The third-order valence-electron chi connectivity index (χ3n) is 4.62. The first-order valence-electron chi connectivity index (χ1n) is 8.79. The lowest BCUT2D eigenvalue weighted by molar-refractivity contribution is 0.0674. The molecule has 0 saturated carbocycles. The number of ether oxygens (including phenoxy) is 2. The molecule has 0 spiro atoms. The Kier molecular flexibility index (Phi) is 6.89. The van der Waals surface area contributed by atoms with Gasteiger partial charge in [-0.15, -0.1) is 0 Å². The van der Waals surface area contributed by atoms with Gasteiger partial charge in [0.05, 0.1) is 19.8 Å². The smallest absolute Gasteiger partial charge is 0.161 e. The largest absolute Gasteiger partial charge is 0.493 e. The fourth-order valence-electron chi connectivity index (χ4n) is 3.26. The molecule has 2 atom stereocenters. The van der Waals surface area contributed by atoms with Crippen LogP contribution in [0.15, 0.2) is 18.2 Å². The Labute approximate surface area is 145 Å². The van der Waals surface area contributed by atoms with E-state index in [0.717, 1.165) is 43.8 Å². The lowest BCUT2D eigenvalue weighted by Crippen LogP contribution is -2.52. The van der Waals surface area contributed by atoms with Crippen molar-refractivity contribution in [3.63, 3.8) is 0 Å². The van der Waals surface area contributed by atoms with Crippen LogP contribution in [0, 0.1) is 11.3 Å². The van der Waals surface area contributed by atoms with E-state index in [2.05, 4.69) is 36.8 Å². The first-order chi connectivity index (χ1) is 11.6. The Morgan fingerprint density at radius 2 is 2.08 bits per heavy atom. The van der Waals surface area contributed by atoms with E-state index in [1.54, 1.807) is 7.11 Å². The quantitative estimate of drug-likeness (QED) is 0.768. The van der Waals surface area contributed by atoms with Gasteiger partial charge in [0.25, 0.3) is 0 Å². The lowest BCUT2D eigenvalue weighted by Gasteiger charge is -2.42. The van der Waals surface area contributed by atoms with Crippen molar-refractivity contribution in [1.82, 2.24) is 9.80 Å². The number of benzene rings is 1. The summed E-state index contributed by atoms with van der Waals surface area (Å²) in [5.41, 5.74) is 0.979. The van der Waals surface area contributed by atoms with Gasteiger partial charge in [0.15, 0.2) is 11.5 Å². The number of nitrogens with zero attached hydrogens (tertiary/aromatic N) is 3. The molecule has 5 heteroatoms. The minimum atomic E-state index is -0.251. The number of nitriles is 1. The molecule has 1 aromatic rings. The molecule has 0 amide bonds. The van der Waals surface area contributed by atoms with Crippen LogP contribution in [0.4, 0.5) is 0 Å². The maximum atomic E-state index is 9.83. The average Bonchev–Trinajstić information content (AvgIpc) is 2.61. The first kappa shape index (κ1) is 18.6. The van der Waals surface area contributed by atoms with Crippen LogP contribution in [0.3, 0.4) is 0 Å². The molecule has 0 bridgehead atoms. The standard InChI is InChI=1S/C19H29N3O2/c1-5-11-24-19-12-15(7-8-18(19)23-4)17(13-20)22-10-9-21(3)14-16(22)6-2/h7-8,12,16-17H,5-6,9-11,14H2,1-4H3. The highest BCUT2D eigenvalue weighted by Gasteiger charge is 2.31. The zero-order valence-corrected chi connectivity index (χ0v) is 15.3. The summed E-state index contributed by atoms with van der Waals surface area (Å²) in [6.07, 6.45) is 1.98. The average molecular weight is 331 g/mol. The van der Waals surface area contributed by atoms with Crippen LogP contribution < -0.4 is 9.47 Å². The van der Waals surface area contributed by atoms with Crippen molar-refractivity contribution in [2.24, 2.45) is 0 Å². The van der Waals surface area contributed by atoms with Crippen molar-refractivity contribution in [1.29, 1.82) is 5.26 Å². The van der Waals surface area contributed by atoms with Crippen LogP contribution in [-0.2, 0) is 0 Å². The Hall–Kier alpha value is -1.77. The van der Waals surface area contributed by atoms with Gasteiger partial charge in [-0.05, 0) is 37.6 Å². The predicted octanol–water partition coefficient (Wildman–Crippen LogP) is 3.07. The van der Waals surface area contributed by atoms with Crippen molar-refractivity contribution in [3.05, 3.63) is 23.8 Å². The second-order valence-corrected chi connectivity index (χ2v) is 6.35. The molecule has 1 saturated heterocycles. The summed E-state index contributed by atoms with van der Waals surface area (Å²) in [6, 6.07) is 8.50. The zero-order valence-electron chi connectivity index (χ0n) is 15.3. The number of piperazine rings is 1. The number of methoxy groups -OCH3 is 1. The van der Waals surface area contributed by atoms with E-state index in [-0.39, 0.29) is 6.04 Å².